The third kappa shape index (κ3) is 2.36. The zero-order valence-corrected chi connectivity index (χ0v) is 9.73. The second kappa shape index (κ2) is 4.41. The SMILES string of the molecule is COc1cc2ccc(CC(=O)O)cc2c(C)n1. The molecular formula is C13H13NO3. The number of aromatic nitrogens is 1. The van der Waals surface area contributed by atoms with Gasteiger partial charge in [-0.1, -0.05) is 12.1 Å². The third-order valence-corrected chi connectivity index (χ3v) is 2.63. The molecule has 0 fully saturated rings. The summed E-state index contributed by atoms with van der Waals surface area (Å²) in [5, 5.41) is 10.7. The van der Waals surface area contributed by atoms with E-state index in [1.807, 2.05) is 31.2 Å². The highest BCUT2D eigenvalue weighted by Gasteiger charge is 2.06. The largest absolute Gasteiger partial charge is 0.481 e. The van der Waals surface area contributed by atoms with Crippen LogP contribution in [0.1, 0.15) is 11.3 Å². The normalized spacial score (nSPS) is 10.5. The van der Waals surface area contributed by atoms with Crippen LogP contribution in [-0.2, 0) is 11.2 Å². The summed E-state index contributed by atoms with van der Waals surface area (Å²) in [5.74, 6) is -0.260. The number of nitrogens with zero attached hydrogens (tertiary/aromatic N) is 1. The van der Waals surface area contributed by atoms with E-state index >= 15 is 0 Å². The first-order valence-corrected chi connectivity index (χ1v) is 5.26. The lowest BCUT2D eigenvalue weighted by molar-refractivity contribution is -0.136. The number of ether oxygens (including phenoxy) is 1. The highest BCUT2D eigenvalue weighted by molar-refractivity contribution is 5.86. The second-order valence-electron chi connectivity index (χ2n) is 3.88. The van der Waals surface area contributed by atoms with Crippen LogP contribution in [-0.4, -0.2) is 23.2 Å². The molecule has 0 bridgehead atoms. The molecule has 0 saturated heterocycles. The summed E-state index contributed by atoms with van der Waals surface area (Å²) in [6.45, 7) is 1.88. The molecule has 17 heavy (non-hydrogen) atoms. The van der Waals surface area contributed by atoms with Crippen molar-refractivity contribution in [1.29, 1.82) is 0 Å². The highest BCUT2D eigenvalue weighted by atomic mass is 16.5. The molecule has 4 nitrogen and oxygen atoms in total. The first-order chi connectivity index (χ1) is 8.10. The number of fused-ring (bicyclic) bond motifs is 1. The fraction of sp³-hybridized carbons (Fsp3) is 0.231. The molecule has 0 spiro atoms. The van der Waals surface area contributed by atoms with Crippen molar-refractivity contribution < 1.29 is 14.6 Å². The van der Waals surface area contributed by atoms with Gasteiger partial charge in [0.25, 0.3) is 0 Å². The Morgan fingerprint density at radius 2 is 2.18 bits per heavy atom. The Morgan fingerprint density at radius 3 is 2.82 bits per heavy atom. The van der Waals surface area contributed by atoms with E-state index in [9.17, 15) is 4.79 Å². The predicted molar refractivity (Wildman–Crippen MR) is 64.4 cm³/mol. The Hall–Kier alpha value is -2.10. The van der Waals surface area contributed by atoms with Crippen molar-refractivity contribution in [3.63, 3.8) is 0 Å². The van der Waals surface area contributed by atoms with E-state index in [1.54, 1.807) is 7.11 Å². The minimum Gasteiger partial charge on any atom is -0.481 e. The molecule has 0 radical (unpaired) electrons. The van der Waals surface area contributed by atoms with Crippen molar-refractivity contribution in [2.24, 2.45) is 0 Å². The number of hydrogen-bond donors (Lipinski definition) is 1. The number of carboxylic acid groups (broad SMARTS) is 1. The first-order valence-electron chi connectivity index (χ1n) is 5.26. The molecular weight excluding hydrogens is 218 g/mol. The van der Waals surface area contributed by atoms with Gasteiger partial charge >= 0.3 is 5.97 Å². The molecule has 0 atom stereocenters. The number of hydrogen-bond acceptors (Lipinski definition) is 3. The number of aliphatic carboxylic acids is 1. The van der Waals surface area contributed by atoms with Crippen molar-refractivity contribution in [2.45, 2.75) is 13.3 Å². The van der Waals surface area contributed by atoms with Gasteiger partial charge in [-0.05, 0) is 23.9 Å². The van der Waals surface area contributed by atoms with Crippen LogP contribution in [0.4, 0.5) is 0 Å². The summed E-state index contributed by atoms with van der Waals surface area (Å²) >= 11 is 0. The molecule has 0 unspecified atom stereocenters. The molecule has 0 aliphatic rings. The van der Waals surface area contributed by atoms with Gasteiger partial charge in [0.2, 0.25) is 5.88 Å². The Kier molecular flexibility index (Phi) is 2.95. The van der Waals surface area contributed by atoms with Crippen LogP contribution in [0.15, 0.2) is 24.3 Å². The molecule has 1 aromatic carbocycles. The van der Waals surface area contributed by atoms with Crippen molar-refractivity contribution in [2.75, 3.05) is 7.11 Å². The molecule has 2 aromatic rings. The van der Waals surface area contributed by atoms with E-state index in [2.05, 4.69) is 4.98 Å². The molecule has 1 aromatic heterocycles. The lowest BCUT2D eigenvalue weighted by atomic mass is 10.0. The molecule has 1 heterocycles. The Morgan fingerprint density at radius 1 is 1.41 bits per heavy atom. The van der Waals surface area contributed by atoms with Gasteiger partial charge < -0.3 is 9.84 Å². The number of carbonyl (C=O) groups is 1. The van der Waals surface area contributed by atoms with Gasteiger partial charge in [0, 0.05) is 17.1 Å². The monoisotopic (exact) mass is 231 g/mol. The molecule has 0 aliphatic carbocycles. The summed E-state index contributed by atoms with van der Waals surface area (Å²) in [6.07, 6.45) is 0.0292. The number of benzene rings is 1. The lowest BCUT2D eigenvalue weighted by Gasteiger charge is -2.06. The topological polar surface area (TPSA) is 59.4 Å². The van der Waals surface area contributed by atoms with Crippen LogP contribution in [0.3, 0.4) is 0 Å². The Bertz CT molecular complexity index is 578. The smallest absolute Gasteiger partial charge is 0.307 e. The number of pyridine rings is 1. The van der Waals surface area contributed by atoms with Gasteiger partial charge in [-0.25, -0.2) is 4.98 Å². The number of rotatable bonds is 3. The number of aryl methyl sites for hydroxylation is 1. The minimum absolute atomic E-state index is 0.0292. The zero-order chi connectivity index (χ0) is 12.4. The molecule has 0 amide bonds. The van der Waals surface area contributed by atoms with E-state index in [0.717, 1.165) is 22.0 Å². The number of methoxy groups -OCH3 is 1. The standard InChI is InChI=1S/C13H13NO3/c1-8-11-5-9(6-13(15)16)3-4-10(11)7-12(14-8)17-2/h3-5,7H,6H2,1-2H3,(H,15,16). The fourth-order valence-electron chi connectivity index (χ4n) is 1.82. The van der Waals surface area contributed by atoms with E-state index in [-0.39, 0.29) is 6.42 Å². The van der Waals surface area contributed by atoms with Crippen LogP contribution in [0, 0.1) is 6.92 Å². The van der Waals surface area contributed by atoms with Crippen molar-refractivity contribution in [1.82, 2.24) is 4.98 Å². The van der Waals surface area contributed by atoms with E-state index in [4.69, 9.17) is 9.84 Å². The van der Waals surface area contributed by atoms with E-state index in [1.165, 1.54) is 0 Å². The summed E-state index contributed by atoms with van der Waals surface area (Å²) in [7, 11) is 1.58. The quantitative estimate of drug-likeness (QED) is 0.879. The average Bonchev–Trinajstić information content (AvgIpc) is 2.29. The number of carboxylic acids is 1. The van der Waals surface area contributed by atoms with Gasteiger partial charge in [0.05, 0.1) is 13.5 Å². The van der Waals surface area contributed by atoms with Crippen molar-refractivity contribution in [3.8, 4) is 5.88 Å². The summed E-state index contributed by atoms with van der Waals surface area (Å²) < 4.78 is 5.09. The average molecular weight is 231 g/mol. The van der Waals surface area contributed by atoms with Gasteiger partial charge in [-0.3, -0.25) is 4.79 Å². The van der Waals surface area contributed by atoms with Crippen LogP contribution in [0.5, 0.6) is 5.88 Å². The third-order valence-electron chi connectivity index (χ3n) is 2.63. The Balaban J connectivity index is 2.54. The lowest BCUT2D eigenvalue weighted by Crippen LogP contribution is -2.00. The van der Waals surface area contributed by atoms with Crippen LogP contribution in [0.2, 0.25) is 0 Å². The summed E-state index contributed by atoms with van der Waals surface area (Å²) in [6, 6.07) is 7.41. The van der Waals surface area contributed by atoms with Crippen LogP contribution >= 0.6 is 0 Å². The van der Waals surface area contributed by atoms with E-state index in [0.29, 0.717) is 5.88 Å². The molecule has 4 heteroatoms. The maximum absolute atomic E-state index is 10.7. The van der Waals surface area contributed by atoms with Gasteiger partial charge in [0.15, 0.2) is 0 Å². The fourth-order valence-corrected chi connectivity index (χ4v) is 1.82. The predicted octanol–water partition coefficient (Wildman–Crippen LogP) is 2.18. The maximum atomic E-state index is 10.7. The molecule has 1 N–H and O–H groups in total. The molecule has 0 aliphatic heterocycles. The van der Waals surface area contributed by atoms with Gasteiger partial charge in [-0.15, -0.1) is 0 Å². The first kappa shape index (κ1) is 11.4. The van der Waals surface area contributed by atoms with Crippen molar-refractivity contribution >= 4 is 16.7 Å². The highest BCUT2D eigenvalue weighted by Crippen LogP contribution is 2.23. The van der Waals surface area contributed by atoms with Crippen LogP contribution in [0.25, 0.3) is 10.8 Å². The Labute approximate surface area is 98.9 Å². The maximum Gasteiger partial charge on any atom is 0.307 e. The van der Waals surface area contributed by atoms with Crippen LogP contribution < -0.4 is 4.74 Å². The van der Waals surface area contributed by atoms with E-state index < -0.39 is 5.97 Å². The zero-order valence-electron chi connectivity index (χ0n) is 9.73. The minimum atomic E-state index is -0.830. The van der Waals surface area contributed by atoms with Crippen molar-refractivity contribution in [3.05, 3.63) is 35.5 Å². The molecule has 0 saturated carbocycles. The van der Waals surface area contributed by atoms with Gasteiger partial charge in [0.1, 0.15) is 0 Å². The second-order valence-corrected chi connectivity index (χ2v) is 3.88. The van der Waals surface area contributed by atoms with Gasteiger partial charge in [-0.2, -0.15) is 0 Å². The summed E-state index contributed by atoms with van der Waals surface area (Å²) in [5.41, 5.74) is 1.62. The molecule has 2 rings (SSSR count). The molecule has 88 valence electrons. The summed E-state index contributed by atoms with van der Waals surface area (Å²) in [4.78, 5) is 14.9.